The van der Waals surface area contributed by atoms with Crippen LogP contribution in [0, 0.1) is 10.8 Å². The van der Waals surface area contributed by atoms with Crippen LogP contribution >= 0.6 is 0 Å². The minimum Gasteiger partial charge on any atom is -0.312 e. The van der Waals surface area contributed by atoms with Crippen LogP contribution in [0.5, 0.6) is 0 Å². The van der Waals surface area contributed by atoms with Gasteiger partial charge in [-0.05, 0) is 36.5 Å². The van der Waals surface area contributed by atoms with E-state index in [0.29, 0.717) is 22.9 Å². The van der Waals surface area contributed by atoms with Gasteiger partial charge in [0.1, 0.15) is 0 Å². The Balaban J connectivity index is 2.46. The zero-order valence-corrected chi connectivity index (χ0v) is 14.8. The Morgan fingerprint density at radius 2 is 1.10 bits per heavy atom. The summed E-state index contributed by atoms with van der Waals surface area (Å²) in [5.41, 5.74) is 0.843. The fourth-order valence-corrected chi connectivity index (χ4v) is 2.68. The quantitative estimate of drug-likeness (QED) is 0.691. The summed E-state index contributed by atoms with van der Waals surface area (Å²) in [7, 11) is 0. The summed E-state index contributed by atoms with van der Waals surface area (Å²) in [4.78, 5) is 0. The van der Waals surface area contributed by atoms with Crippen LogP contribution in [0.1, 0.15) is 80.1 Å². The highest BCUT2D eigenvalue weighted by molar-refractivity contribution is 4.89. The van der Waals surface area contributed by atoms with E-state index >= 15 is 0 Å². The Morgan fingerprint density at radius 3 is 1.40 bits per heavy atom. The minimum absolute atomic E-state index is 0.421. The highest BCUT2D eigenvalue weighted by Crippen LogP contribution is 2.24. The monoisotopic (exact) mass is 282 g/mol. The Kier molecular flexibility index (Phi) is 7.00. The van der Waals surface area contributed by atoms with Crippen molar-refractivity contribution in [3.63, 3.8) is 0 Å². The maximum Gasteiger partial charge on any atom is 0.0221 e. The number of nitrogens with one attached hydrogen (secondary N) is 2. The molecule has 2 unspecified atom stereocenters. The second-order valence-corrected chi connectivity index (χ2v) is 8.29. The van der Waals surface area contributed by atoms with Crippen LogP contribution in [0.4, 0.5) is 0 Å². The standard InChI is InChI=1S/C18H38N2/c1-7-17(3,4)13-19-15-11-9-10-12-16(15)20-14-18(5,6)8-2/h15-16,19-20H,7-14H2,1-6H3. The third-order valence-electron chi connectivity index (χ3n) is 5.37. The van der Waals surface area contributed by atoms with E-state index in [1.54, 1.807) is 0 Å². The van der Waals surface area contributed by atoms with Gasteiger partial charge in [-0.1, -0.05) is 54.4 Å². The molecule has 120 valence electrons. The van der Waals surface area contributed by atoms with Gasteiger partial charge < -0.3 is 10.6 Å². The van der Waals surface area contributed by atoms with Crippen LogP contribution in [0.25, 0.3) is 0 Å². The van der Waals surface area contributed by atoms with Gasteiger partial charge in [0, 0.05) is 25.2 Å². The van der Waals surface area contributed by atoms with Crippen LogP contribution in [0.2, 0.25) is 0 Å². The summed E-state index contributed by atoms with van der Waals surface area (Å²) < 4.78 is 0. The summed E-state index contributed by atoms with van der Waals surface area (Å²) in [5, 5.41) is 7.71. The van der Waals surface area contributed by atoms with Gasteiger partial charge in [-0.15, -0.1) is 0 Å². The lowest BCUT2D eigenvalue weighted by atomic mass is 9.85. The predicted molar refractivity (Wildman–Crippen MR) is 90.2 cm³/mol. The van der Waals surface area contributed by atoms with Crippen molar-refractivity contribution in [2.24, 2.45) is 10.8 Å². The lowest BCUT2D eigenvalue weighted by Gasteiger charge is -2.37. The van der Waals surface area contributed by atoms with E-state index in [-0.39, 0.29) is 0 Å². The van der Waals surface area contributed by atoms with Crippen molar-refractivity contribution in [1.29, 1.82) is 0 Å². The lowest BCUT2D eigenvalue weighted by molar-refractivity contribution is 0.219. The molecule has 2 nitrogen and oxygen atoms in total. The summed E-state index contributed by atoms with van der Waals surface area (Å²) in [6.45, 7) is 16.3. The van der Waals surface area contributed by atoms with Crippen molar-refractivity contribution in [3.05, 3.63) is 0 Å². The third-order valence-corrected chi connectivity index (χ3v) is 5.37. The molecule has 2 heteroatoms. The number of hydrogen-bond donors (Lipinski definition) is 2. The molecule has 20 heavy (non-hydrogen) atoms. The minimum atomic E-state index is 0.421. The second-order valence-electron chi connectivity index (χ2n) is 8.29. The Morgan fingerprint density at radius 1 is 0.750 bits per heavy atom. The first-order chi connectivity index (χ1) is 9.29. The Hall–Kier alpha value is -0.0800. The molecule has 2 atom stereocenters. The molecule has 1 rings (SSSR count). The maximum atomic E-state index is 3.85. The molecule has 0 aromatic carbocycles. The van der Waals surface area contributed by atoms with E-state index in [9.17, 15) is 0 Å². The molecule has 0 aromatic rings. The molecule has 0 bridgehead atoms. The SMILES string of the molecule is CCC(C)(C)CNC1CCCCC1NCC(C)(C)CC. The highest BCUT2D eigenvalue weighted by Gasteiger charge is 2.27. The normalized spacial score (nSPS) is 24.9. The van der Waals surface area contributed by atoms with Crippen LogP contribution in [-0.4, -0.2) is 25.2 Å². The van der Waals surface area contributed by atoms with E-state index in [1.807, 2.05) is 0 Å². The van der Waals surface area contributed by atoms with E-state index in [0.717, 1.165) is 13.1 Å². The van der Waals surface area contributed by atoms with Gasteiger partial charge in [-0.25, -0.2) is 0 Å². The van der Waals surface area contributed by atoms with Crippen molar-refractivity contribution in [2.45, 2.75) is 92.2 Å². The average Bonchev–Trinajstić information content (AvgIpc) is 2.44. The first-order valence-corrected chi connectivity index (χ1v) is 8.76. The van der Waals surface area contributed by atoms with Gasteiger partial charge in [-0.3, -0.25) is 0 Å². The number of hydrogen-bond acceptors (Lipinski definition) is 2. The van der Waals surface area contributed by atoms with E-state index in [2.05, 4.69) is 52.2 Å². The molecule has 1 saturated carbocycles. The van der Waals surface area contributed by atoms with Gasteiger partial charge in [0.15, 0.2) is 0 Å². The molecule has 0 radical (unpaired) electrons. The van der Waals surface area contributed by atoms with Gasteiger partial charge in [0.05, 0.1) is 0 Å². The van der Waals surface area contributed by atoms with Crippen LogP contribution in [-0.2, 0) is 0 Å². The molecule has 0 spiro atoms. The molecule has 1 aliphatic carbocycles. The van der Waals surface area contributed by atoms with Gasteiger partial charge in [-0.2, -0.15) is 0 Å². The smallest absolute Gasteiger partial charge is 0.0221 e. The Labute approximate surface area is 127 Å². The molecular weight excluding hydrogens is 244 g/mol. The molecular formula is C18H38N2. The first-order valence-electron chi connectivity index (χ1n) is 8.76. The summed E-state index contributed by atoms with van der Waals surface area (Å²) in [6, 6.07) is 1.34. The van der Waals surface area contributed by atoms with Crippen molar-refractivity contribution in [2.75, 3.05) is 13.1 Å². The zero-order valence-electron chi connectivity index (χ0n) is 14.8. The lowest BCUT2D eigenvalue weighted by Crippen LogP contribution is -2.53. The summed E-state index contributed by atoms with van der Waals surface area (Å²) >= 11 is 0. The highest BCUT2D eigenvalue weighted by atomic mass is 15.0. The Bertz CT molecular complexity index is 243. The largest absolute Gasteiger partial charge is 0.312 e. The van der Waals surface area contributed by atoms with E-state index < -0.39 is 0 Å². The molecule has 1 aliphatic rings. The summed E-state index contributed by atoms with van der Waals surface area (Å²) in [6.07, 6.45) is 7.94. The maximum absolute atomic E-state index is 3.85. The van der Waals surface area contributed by atoms with Gasteiger partial charge >= 0.3 is 0 Å². The fraction of sp³-hybridized carbons (Fsp3) is 1.00. The molecule has 0 saturated heterocycles. The topological polar surface area (TPSA) is 24.1 Å². The molecule has 0 heterocycles. The van der Waals surface area contributed by atoms with Crippen molar-refractivity contribution >= 4 is 0 Å². The van der Waals surface area contributed by atoms with Crippen LogP contribution in [0.3, 0.4) is 0 Å². The van der Waals surface area contributed by atoms with Gasteiger partial charge in [0.25, 0.3) is 0 Å². The van der Waals surface area contributed by atoms with Crippen molar-refractivity contribution in [3.8, 4) is 0 Å². The third kappa shape index (κ3) is 6.13. The molecule has 0 aromatic heterocycles. The molecule has 1 fully saturated rings. The van der Waals surface area contributed by atoms with Crippen LogP contribution < -0.4 is 10.6 Å². The van der Waals surface area contributed by atoms with E-state index in [4.69, 9.17) is 0 Å². The first kappa shape index (κ1) is 18.0. The predicted octanol–water partition coefficient (Wildman–Crippen LogP) is 4.35. The molecule has 0 aliphatic heterocycles. The average molecular weight is 283 g/mol. The van der Waals surface area contributed by atoms with Crippen LogP contribution in [0.15, 0.2) is 0 Å². The zero-order chi connectivity index (χ0) is 15.2. The fourth-order valence-electron chi connectivity index (χ4n) is 2.68. The van der Waals surface area contributed by atoms with E-state index in [1.165, 1.54) is 38.5 Å². The molecule has 0 amide bonds. The summed E-state index contributed by atoms with van der Waals surface area (Å²) in [5.74, 6) is 0. The second kappa shape index (κ2) is 7.79. The van der Waals surface area contributed by atoms with Gasteiger partial charge in [0.2, 0.25) is 0 Å². The molecule has 2 N–H and O–H groups in total. The van der Waals surface area contributed by atoms with Crippen molar-refractivity contribution < 1.29 is 0 Å². The number of rotatable bonds is 8. The van der Waals surface area contributed by atoms with Crippen molar-refractivity contribution in [1.82, 2.24) is 10.6 Å².